The Morgan fingerprint density at radius 1 is 1.68 bits per heavy atom. The molecular weight excluding hydrogens is 306 g/mol. The average molecular weight is 317 g/mol. The first-order valence-electron chi connectivity index (χ1n) is 5.63. The minimum absolute atomic E-state index is 0.0145. The first-order chi connectivity index (χ1) is 9.04. The van der Waals surface area contributed by atoms with Crippen molar-refractivity contribution in [1.82, 2.24) is 15.1 Å². The second-order valence-electron chi connectivity index (χ2n) is 4.63. The number of hydrogen-bond donors (Lipinski definition) is 2. The van der Waals surface area contributed by atoms with Crippen molar-refractivity contribution in [3.63, 3.8) is 0 Å². The molecule has 0 radical (unpaired) electrons. The third-order valence-electron chi connectivity index (χ3n) is 3.56. The predicted molar refractivity (Wildman–Crippen MR) is 74.3 cm³/mol. The lowest BCUT2D eigenvalue weighted by molar-refractivity contribution is -0.155. The van der Waals surface area contributed by atoms with Gasteiger partial charge < -0.3 is 10.0 Å². The van der Waals surface area contributed by atoms with E-state index in [2.05, 4.69) is 22.8 Å². The fourth-order valence-electron chi connectivity index (χ4n) is 2.31. The molecule has 2 saturated heterocycles. The summed E-state index contributed by atoms with van der Waals surface area (Å²) in [5, 5.41) is 17.4. The van der Waals surface area contributed by atoms with E-state index in [1.54, 1.807) is 10.4 Å². The van der Waals surface area contributed by atoms with Gasteiger partial charge in [0.25, 0.3) is 0 Å². The van der Waals surface area contributed by atoms with E-state index in [-0.39, 0.29) is 17.8 Å². The summed E-state index contributed by atoms with van der Waals surface area (Å²) in [5.74, 6) is -0.487. The van der Waals surface area contributed by atoms with Crippen molar-refractivity contribution in [2.75, 3.05) is 12.3 Å². The highest BCUT2D eigenvalue weighted by Crippen LogP contribution is 2.50. The third kappa shape index (κ3) is 1.95. The van der Waals surface area contributed by atoms with Gasteiger partial charge in [-0.25, -0.2) is 0 Å². The maximum atomic E-state index is 11.8. The van der Waals surface area contributed by atoms with Crippen molar-refractivity contribution in [2.45, 2.75) is 17.0 Å². The number of thiol groups is 1. The van der Waals surface area contributed by atoms with Crippen molar-refractivity contribution in [1.29, 1.82) is 0 Å². The van der Waals surface area contributed by atoms with E-state index in [4.69, 9.17) is 0 Å². The first-order valence-corrected chi connectivity index (χ1v) is 8.08. The maximum absolute atomic E-state index is 11.8. The molecule has 3 heterocycles. The number of carboxylic acids is 1. The Kier molecular flexibility index (Phi) is 3.22. The standard InChI is InChI=1S/C10H11N3O3S3/c14-5-1-6-13(5)2-10(3-18-6,9(15)16)7(17)8-12-11-4-19-8/h4,6-7,17H,1-3H2,(H,15,16)/t6-,7?,10?/m1/s1. The van der Waals surface area contributed by atoms with Gasteiger partial charge in [-0.1, -0.05) is 0 Å². The van der Waals surface area contributed by atoms with Gasteiger partial charge in [-0.3, -0.25) is 9.59 Å². The van der Waals surface area contributed by atoms with Crippen LogP contribution in [0, 0.1) is 5.41 Å². The molecule has 102 valence electrons. The summed E-state index contributed by atoms with van der Waals surface area (Å²) in [7, 11) is 0. The topological polar surface area (TPSA) is 83.4 Å². The molecular formula is C10H11N3O3S3. The molecule has 19 heavy (non-hydrogen) atoms. The Labute approximate surface area is 123 Å². The van der Waals surface area contributed by atoms with Crippen LogP contribution in [0.4, 0.5) is 0 Å². The summed E-state index contributed by atoms with van der Waals surface area (Å²) in [5.41, 5.74) is 0.460. The van der Waals surface area contributed by atoms with Crippen LogP contribution >= 0.6 is 35.7 Å². The van der Waals surface area contributed by atoms with E-state index in [9.17, 15) is 14.7 Å². The van der Waals surface area contributed by atoms with Gasteiger partial charge in [0.2, 0.25) is 5.91 Å². The Hall–Kier alpha value is -0.800. The summed E-state index contributed by atoms with van der Waals surface area (Å²) >= 11 is 7.25. The van der Waals surface area contributed by atoms with Crippen LogP contribution in [-0.2, 0) is 9.59 Å². The number of aliphatic carboxylic acids is 1. The molecule has 2 unspecified atom stereocenters. The van der Waals surface area contributed by atoms with E-state index in [0.717, 1.165) is 0 Å². The SMILES string of the molecule is O=C1C[C@H]2SCC(C(=O)O)(C(S)c3nncs3)CN12. The van der Waals surface area contributed by atoms with E-state index >= 15 is 0 Å². The molecule has 3 atom stereocenters. The fraction of sp³-hybridized carbons (Fsp3) is 0.600. The van der Waals surface area contributed by atoms with Crippen LogP contribution in [0.15, 0.2) is 5.51 Å². The molecule has 9 heteroatoms. The molecule has 0 aromatic carbocycles. The highest BCUT2D eigenvalue weighted by Gasteiger charge is 2.55. The Bertz CT molecular complexity index is 523. The summed E-state index contributed by atoms with van der Waals surface area (Å²) in [4.78, 5) is 24.9. The van der Waals surface area contributed by atoms with Gasteiger partial charge in [0, 0.05) is 12.3 Å². The van der Waals surface area contributed by atoms with Gasteiger partial charge in [0.15, 0.2) is 0 Å². The van der Waals surface area contributed by atoms with Crippen molar-refractivity contribution in [3.05, 3.63) is 10.5 Å². The summed E-state index contributed by atoms with van der Waals surface area (Å²) in [6.07, 6.45) is 0.510. The summed E-state index contributed by atoms with van der Waals surface area (Å²) in [6.45, 7) is 0.201. The molecule has 1 N–H and O–H groups in total. The molecule has 3 rings (SSSR count). The molecule has 0 bridgehead atoms. The van der Waals surface area contributed by atoms with Crippen molar-refractivity contribution in [3.8, 4) is 0 Å². The minimum Gasteiger partial charge on any atom is -0.481 e. The zero-order chi connectivity index (χ0) is 13.6. The van der Waals surface area contributed by atoms with Gasteiger partial charge in [-0.2, -0.15) is 12.6 Å². The zero-order valence-electron chi connectivity index (χ0n) is 9.72. The molecule has 0 saturated carbocycles. The minimum atomic E-state index is -1.10. The number of carbonyl (C=O) groups is 2. The third-order valence-corrected chi connectivity index (χ3v) is 6.72. The lowest BCUT2D eigenvalue weighted by Gasteiger charge is -2.50. The van der Waals surface area contributed by atoms with Crippen LogP contribution < -0.4 is 0 Å². The second-order valence-corrected chi connectivity index (χ2v) is 7.18. The number of amides is 1. The lowest BCUT2D eigenvalue weighted by Crippen LogP contribution is -2.62. The number of rotatable bonds is 3. The number of carbonyl (C=O) groups excluding carboxylic acids is 1. The molecule has 1 aromatic rings. The van der Waals surface area contributed by atoms with Crippen molar-refractivity contribution >= 4 is 47.6 Å². The summed E-state index contributed by atoms with van der Waals surface area (Å²) in [6, 6.07) is 0. The number of β-lactam (4-membered cyclic amide) rings is 1. The van der Waals surface area contributed by atoms with Crippen molar-refractivity contribution in [2.24, 2.45) is 5.41 Å². The van der Waals surface area contributed by atoms with Crippen LogP contribution in [-0.4, -0.2) is 49.8 Å². The normalized spacial score (nSPS) is 31.5. The number of carboxylic acid groups (broad SMARTS) is 1. The summed E-state index contributed by atoms with van der Waals surface area (Å²) < 4.78 is 0. The number of fused-ring (bicyclic) bond motifs is 1. The zero-order valence-corrected chi connectivity index (χ0v) is 12.2. The fourth-order valence-corrected chi connectivity index (χ4v) is 5.10. The molecule has 1 amide bonds. The van der Waals surface area contributed by atoms with E-state index < -0.39 is 16.6 Å². The molecule has 0 spiro atoms. The molecule has 6 nitrogen and oxygen atoms in total. The van der Waals surface area contributed by atoms with Gasteiger partial charge >= 0.3 is 5.97 Å². The van der Waals surface area contributed by atoms with Crippen LogP contribution in [0.1, 0.15) is 16.7 Å². The van der Waals surface area contributed by atoms with Crippen molar-refractivity contribution < 1.29 is 14.7 Å². The predicted octanol–water partition coefficient (Wildman–Crippen LogP) is 0.885. The van der Waals surface area contributed by atoms with E-state index in [1.807, 2.05) is 0 Å². The van der Waals surface area contributed by atoms with Crippen LogP contribution in [0.3, 0.4) is 0 Å². The largest absolute Gasteiger partial charge is 0.481 e. The number of hydrogen-bond acceptors (Lipinski definition) is 7. The molecule has 2 aliphatic heterocycles. The Morgan fingerprint density at radius 2 is 2.47 bits per heavy atom. The Morgan fingerprint density at radius 3 is 3.05 bits per heavy atom. The molecule has 2 fully saturated rings. The quantitative estimate of drug-likeness (QED) is 0.636. The van der Waals surface area contributed by atoms with Gasteiger partial charge in [-0.15, -0.1) is 33.3 Å². The Balaban J connectivity index is 1.91. The average Bonchev–Trinajstić information content (AvgIpc) is 2.90. The number of nitrogens with zero attached hydrogens (tertiary/aromatic N) is 3. The van der Waals surface area contributed by atoms with E-state index in [1.165, 1.54) is 23.1 Å². The maximum Gasteiger partial charge on any atom is 0.313 e. The first kappa shape index (κ1) is 13.2. The molecule has 1 aromatic heterocycles. The number of thioether (sulfide) groups is 1. The van der Waals surface area contributed by atoms with Gasteiger partial charge in [0.05, 0.1) is 17.0 Å². The molecule has 2 aliphatic rings. The van der Waals surface area contributed by atoms with Gasteiger partial charge in [-0.05, 0) is 0 Å². The number of aromatic nitrogens is 2. The highest BCUT2D eigenvalue weighted by molar-refractivity contribution is 8.00. The molecule has 0 aliphatic carbocycles. The van der Waals surface area contributed by atoms with Gasteiger partial charge in [0.1, 0.15) is 15.9 Å². The van der Waals surface area contributed by atoms with Crippen LogP contribution in [0.2, 0.25) is 0 Å². The van der Waals surface area contributed by atoms with E-state index in [0.29, 0.717) is 17.2 Å². The second kappa shape index (κ2) is 4.64. The monoisotopic (exact) mass is 317 g/mol. The lowest BCUT2D eigenvalue weighted by atomic mass is 9.84. The van der Waals surface area contributed by atoms with Crippen LogP contribution in [0.5, 0.6) is 0 Å². The highest BCUT2D eigenvalue weighted by atomic mass is 32.2. The smallest absolute Gasteiger partial charge is 0.313 e. The van der Waals surface area contributed by atoms with Crippen LogP contribution in [0.25, 0.3) is 0 Å².